The molecule has 1 heterocycles. The summed E-state index contributed by atoms with van der Waals surface area (Å²) in [5, 5.41) is 2.94. The van der Waals surface area contributed by atoms with E-state index in [1.165, 1.54) is 6.33 Å². The highest BCUT2D eigenvalue weighted by Gasteiger charge is 2.19. The topological polar surface area (TPSA) is 58.1 Å². The fourth-order valence-electron chi connectivity index (χ4n) is 2.25. The number of hydrogen-bond acceptors (Lipinski definition) is 3. The van der Waals surface area contributed by atoms with E-state index in [1.807, 2.05) is 61.5 Å². The van der Waals surface area contributed by atoms with E-state index in [4.69, 9.17) is 0 Å². The SMILES string of the molecule is Cc1ccccc1NC(=O)N(c1ccccc1)c1cncnc1. The maximum atomic E-state index is 12.8. The molecule has 0 saturated carbocycles. The predicted octanol–water partition coefficient (Wildman–Crippen LogP) is 4.16. The Kier molecular flexibility index (Phi) is 4.29. The van der Waals surface area contributed by atoms with E-state index < -0.39 is 0 Å². The lowest BCUT2D eigenvalue weighted by Gasteiger charge is -2.23. The minimum atomic E-state index is -0.264. The van der Waals surface area contributed by atoms with Crippen LogP contribution in [0.25, 0.3) is 0 Å². The van der Waals surface area contributed by atoms with E-state index in [0.29, 0.717) is 5.69 Å². The molecule has 0 aliphatic carbocycles. The summed E-state index contributed by atoms with van der Waals surface area (Å²) in [5.74, 6) is 0. The van der Waals surface area contributed by atoms with Gasteiger partial charge in [0.1, 0.15) is 6.33 Å². The monoisotopic (exact) mass is 304 g/mol. The summed E-state index contributed by atoms with van der Waals surface area (Å²) in [4.78, 5) is 22.4. The number of carbonyl (C=O) groups is 1. The van der Waals surface area contributed by atoms with Crippen LogP contribution in [0.1, 0.15) is 5.56 Å². The molecule has 0 radical (unpaired) electrons. The van der Waals surface area contributed by atoms with Crippen molar-refractivity contribution in [2.45, 2.75) is 6.92 Å². The molecule has 23 heavy (non-hydrogen) atoms. The summed E-state index contributed by atoms with van der Waals surface area (Å²) in [6, 6.07) is 16.8. The van der Waals surface area contributed by atoms with Gasteiger partial charge in [-0.3, -0.25) is 4.90 Å². The smallest absolute Gasteiger partial charge is 0.307 e. The Hall–Kier alpha value is -3.21. The quantitative estimate of drug-likeness (QED) is 0.790. The molecule has 0 spiro atoms. The van der Waals surface area contributed by atoms with Gasteiger partial charge in [-0.25, -0.2) is 14.8 Å². The molecule has 0 saturated heterocycles. The molecule has 0 bridgehead atoms. The summed E-state index contributed by atoms with van der Waals surface area (Å²) in [7, 11) is 0. The molecule has 3 aromatic rings. The second-order valence-corrected chi connectivity index (χ2v) is 5.01. The summed E-state index contributed by atoms with van der Waals surface area (Å²) in [6.07, 6.45) is 4.65. The zero-order valence-electron chi connectivity index (χ0n) is 12.7. The van der Waals surface area contributed by atoms with Gasteiger partial charge in [-0.1, -0.05) is 36.4 Å². The lowest BCUT2D eigenvalue weighted by molar-refractivity contribution is 0.259. The van der Waals surface area contributed by atoms with Crippen molar-refractivity contribution < 1.29 is 4.79 Å². The lowest BCUT2D eigenvalue weighted by Crippen LogP contribution is -2.31. The molecule has 0 aliphatic heterocycles. The number of nitrogens with zero attached hydrogens (tertiary/aromatic N) is 3. The van der Waals surface area contributed by atoms with E-state index in [-0.39, 0.29) is 6.03 Å². The Bertz CT molecular complexity index is 751. The highest BCUT2D eigenvalue weighted by Crippen LogP contribution is 2.25. The number of aromatic nitrogens is 2. The first-order chi connectivity index (χ1) is 11.3. The lowest BCUT2D eigenvalue weighted by atomic mass is 10.2. The van der Waals surface area contributed by atoms with E-state index >= 15 is 0 Å². The summed E-state index contributed by atoms with van der Waals surface area (Å²) < 4.78 is 0. The van der Waals surface area contributed by atoms with Crippen LogP contribution in [-0.4, -0.2) is 16.0 Å². The molecule has 5 heteroatoms. The highest BCUT2D eigenvalue weighted by molar-refractivity contribution is 6.07. The Morgan fingerprint density at radius 1 is 0.913 bits per heavy atom. The molecule has 2 amide bonds. The third-order valence-corrected chi connectivity index (χ3v) is 3.41. The standard InChI is InChI=1S/C18H16N4O/c1-14-7-5-6-10-17(14)21-18(23)22(15-8-3-2-4-9-15)16-11-19-13-20-12-16/h2-13H,1H3,(H,21,23). The molecule has 114 valence electrons. The van der Waals surface area contributed by atoms with Gasteiger partial charge >= 0.3 is 6.03 Å². The van der Waals surface area contributed by atoms with Gasteiger partial charge in [0.25, 0.3) is 0 Å². The molecular weight excluding hydrogens is 288 g/mol. The third kappa shape index (κ3) is 3.35. The van der Waals surface area contributed by atoms with Crippen molar-refractivity contribution in [2.24, 2.45) is 0 Å². The fourth-order valence-corrected chi connectivity index (χ4v) is 2.25. The normalized spacial score (nSPS) is 10.1. The molecule has 0 atom stereocenters. The van der Waals surface area contributed by atoms with Crippen molar-refractivity contribution in [1.82, 2.24) is 9.97 Å². The van der Waals surface area contributed by atoms with Crippen LogP contribution in [-0.2, 0) is 0 Å². The number of nitrogens with one attached hydrogen (secondary N) is 1. The van der Waals surface area contributed by atoms with Crippen molar-refractivity contribution in [3.05, 3.63) is 78.9 Å². The molecule has 2 aromatic carbocycles. The summed E-state index contributed by atoms with van der Waals surface area (Å²) in [6.45, 7) is 1.95. The number of benzene rings is 2. The van der Waals surface area contributed by atoms with Crippen LogP contribution in [0.2, 0.25) is 0 Å². The molecule has 0 unspecified atom stereocenters. The molecule has 1 N–H and O–H groups in total. The Morgan fingerprint density at radius 3 is 2.26 bits per heavy atom. The third-order valence-electron chi connectivity index (χ3n) is 3.41. The predicted molar refractivity (Wildman–Crippen MR) is 90.8 cm³/mol. The van der Waals surface area contributed by atoms with Gasteiger partial charge in [0.05, 0.1) is 23.8 Å². The maximum Gasteiger partial charge on any atom is 0.331 e. The number of hydrogen-bond donors (Lipinski definition) is 1. The number of urea groups is 1. The molecule has 0 aliphatic rings. The van der Waals surface area contributed by atoms with E-state index in [2.05, 4.69) is 15.3 Å². The zero-order chi connectivity index (χ0) is 16.1. The molecule has 5 nitrogen and oxygen atoms in total. The Balaban J connectivity index is 1.96. The average molecular weight is 304 g/mol. The van der Waals surface area contributed by atoms with Crippen molar-refractivity contribution in [3.8, 4) is 0 Å². The first-order valence-corrected chi connectivity index (χ1v) is 7.22. The van der Waals surface area contributed by atoms with Crippen LogP contribution in [0, 0.1) is 6.92 Å². The van der Waals surface area contributed by atoms with Crippen LogP contribution in [0.4, 0.5) is 21.9 Å². The van der Waals surface area contributed by atoms with Gasteiger partial charge in [0, 0.05) is 5.69 Å². The maximum absolute atomic E-state index is 12.8. The highest BCUT2D eigenvalue weighted by atomic mass is 16.2. The number of anilines is 3. The van der Waals surface area contributed by atoms with Crippen molar-refractivity contribution >= 4 is 23.1 Å². The number of carbonyl (C=O) groups excluding carboxylic acids is 1. The number of para-hydroxylation sites is 2. The number of aryl methyl sites for hydroxylation is 1. The zero-order valence-corrected chi connectivity index (χ0v) is 12.7. The largest absolute Gasteiger partial charge is 0.331 e. The van der Waals surface area contributed by atoms with Gasteiger partial charge < -0.3 is 5.32 Å². The second-order valence-electron chi connectivity index (χ2n) is 5.01. The van der Waals surface area contributed by atoms with Crippen LogP contribution in [0.3, 0.4) is 0 Å². The van der Waals surface area contributed by atoms with Crippen molar-refractivity contribution in [3.63, 3.8) is 0 Å². The Labute approximate surface area is 134 Å². The number of amides is 2. The molecule has 3 rings (SSSR count). The van der Waals surface area contributed by atoms with E-state index in [1.54, 1.807) is 17.3 Å². The van der Waals surface area contributed by atoms with E-state index in [0.717, 1.165) is 16.9 Å². The van der Waals surface area contributed by atoms with Gasteiger partial charge in [-0.2, -0.15) is 0 Å². The molecule has 1 aromatic heterocycles. The number of rotatable bonds is 3. The average Bonchev–Trinajstić information content (AvgIpc) is 2.59. The van der Waals surface area contributed by atoms with Gasteiger partial charge in [0.15, 0.2) is 0 Å². The van der Waals surface area contributed by atoms with Crippen LogP contribution < -0.4 is 10.2 Å². The first-order valence-electron chi connectivity index (χ1n) is 7.22. The van der Waals surface area contributed by atoms with Crippen LogP contribution in [0.5, 0.6) is 0 Å². The Morgan fingerprint density at radius 2 is 1.57 bits per heavy atom. The summed E-state index contributed by atoms with van der Waals surface area (Å²) in [5.41, 5.74) is 3.12. The van der Waals surface area contributed by atoms with E-state index in [9.17, 15) is 4.79 Å². The first kappa shape index (κ1) is 14.7. The fraction of sp³-hybridized carbons (Fsp3) is 0.0556. The molecular formula is C18H16N4O. The second kappa shape index (κ2) is 6.70. The summed E-state index contributed by atoms with van der Waals surface area (Å²) >= 11 is 0. The minimum Gasteiger partial charge on any atom is -0.307 e. The van der Waals surface area contributed by atoms with Gasteiger partial charge in [0.2, 0.25) is 0 Å². The van der Waals surface area contributed by atoms with Gasteiger partial charge in [-0.15, -0.1) is 0 Å². The van der Waals surface area contributed by atoms with Crippen molar-refractivity contribution in [1.29, 1.82) is 0 Å². The minimum absolute atomic E-state index is 0.264. The van der Waals surface area contributed by atoms with Crippen LogP contribution >= 0.6 is 0 Å². The van der Waals surface area contributed by atoms with Crippen LogP contribution in [0.15, 0.2) is 73.3 Å². The van der Waals surface area contributed by atoms with Crippen molar-refractivity contribution in [2.75, 3.05) is 10.2 Å². The molecule has 0 fully saturated rings. The van der Waals surface area contributed by atoms with Gasteiger partial charge in [-0.05, 0) is 30.7 Å².